The molecule has 0 radical (unpaired) electrons. The van der Waals surface area contributed by atoms with Gasteiger partial charge in [-0.2, -0.15) is 0 Å². The van der Waals surface area contributed by atoms with Gasteiger partial charge in [-0.1, -0.05) is 325 Å². The largest absolute Gasteiger partial charge is 0.311 e. The van der Waals surface area contributed by atoms with Gasteiger partial charge in [-0.25, -0.2) is 0 Å². The Morgan fingerprint density at radius 1 is 0.231 bits per heavy atom. The van der Waals surface area contributed by atoms with E-state index in [0.717, 1.165) is 80.4 Å². The minimum Gasteiger partial charge on any atom is -0.311 e. The second kappa shape index (κ2) is 27.7. The van der Waals surface area contributed by atoms with Gasteiger partial charge in [-0.15, -0.1) is 0 Å². The van der Waals surface area contributed by atoms with E-state index in [1.54, 1.807) is 0 Å². The molecule has 22 rings (SSSR count). The Kier molecular flexibility index (Phi) is 17.0. The lowest BCUT2D eigenvalue weighted by Gasteiger charge is -2.44. The zero-order valence-electron chi connectivity index (χ0n) is 71.2. The van der Waals surface area contributed by atoms with Crippen LogP contribution < -0.4 is 26.2 Å². The number of benzene rings is 16. The van der Waals surface area contributed by atoms with Gasteiger partial charge in [0.25, 0.3) is 6.71 Å². The zero-order valence-corrected chi connectivity index (χ0v) is 71.2. The van der Waals surface area contributed by atoms with Crippen molar-refractivity contribution in [2.75, 3.05) is 9.80 Å². The third kappa shape index (κ3) is 12.3. The number of rotatable bonds is 11. The van der Waals surface area contributed by atoms with E-state index in [1.165, 1.54) is 156 Å². The monoisotopic (exact) mass is 1560 g/mol. The summed E-state index contributed by atoms with van der Waals surface area (Å²) in [6, 6.07) is 135. The summed E-state index contributed by atoms with van der Waals surface area (Å²) in [5, 5.41) is 4.81. The third-order valence-electron chi connectivity index (χ3n) is 28.2. The highest BCUT2D eigenvalue weighted by atomic mass is 15.2. The zero-order chi connectivity index (χ0) is 82.2. The first-order valence-corrected chi connectivity index (χ1v) is 43.6. The van der Waals surface area contributed by atoms with E-state index in [4.69, 9.17) is 0 Å². The quantitative estimate of drug-likeness (QED) is 0.120. The Morgan fingerprint density at radius 2 is 0.545 bits per heavy atom. The number of nitrogens with zero attached hydrogens (tertiary/aromatic N) is 4. The van der Waals surface area contributed by atoms with Gasteiger partial charge in [-0.05, 0) is 278 Å². The first kappa shape index (κ1) is 74.1. The Hall–Kier alpha value is -13.2. The van der Waals surface area contributed by atoms with Crippen LogP contribution in [0.1, 0.15) is 130 Å². The van der Waals surface area contributed by atoms with Gasteiger partial charge in [0.05, 0.1) is 27.8 Å². The van der Waals surface area contributed by atoms with Crippen molar-refractivity contribution in [3.63, 3.8) is 0 Å². The highest BCUT2D eigenvalue weighted by Gasteiger charge is 2.46. The second-order valence-electron chi connectivity index (χ2n) is 38.6. The minimum absolute atomic E-state index is 0.0500. The fourth-order valence-electron chi connectivity index (χ4n) is 21.1. The van der Waals surface area contributed by atoms with Crippen molar-refractivity contribution in [3.05, 3.63) is 380 Å². The molecule has 4 heterocycles. The first-order valence-electron chi connectivity index (χ1n) is 43.6. The predicted molar refractivity (Wildman–Crippen MR) is 516 cm³/mol. The maximum Gasteiger partial charge on any atom is 0.252 e. The molecule has 4 nitrogen and oxygen atoms in total. The van der Waals surface area contributed by atoms with E-state index >= 15 is 0 Å². The molecule has 0 spiro atoms. The Bertz CT molecular complexity index is 7020. The molecule has 2 aliphatic heterocycles. The molecular weight excluding hydrogens is 1460 g/mol. The summed E-state index contributed by atoms with van der Waals surface area (Å²) in [6.45, 7) is 26.3. The van der Waals surface area contributed by atoms with Gasteiger partial charge in [-0.3, -0.25) is 0 Å². The maximum atomic E-state index is 2.66. The molecule has 0 amide bonds. The van der Waals surface area contributed by atoms with Crippen molar-refractivity contribution in [2.24, 2.45) is 0 Å². The third-order valence-corrected chi connectivity index (χ3v) is 28.2. The van der Waals surface area contributed by atoms with Crippen LogP contribution in [0.3, 0.4) is 0 Å². The van der Waals surface area contributed by atoms with Crippen LogP contribution >= 0.6 is 0 Å². The molecule has 0 unspecified atom stereocenters. The molecule has 0 saturated heterocycles. The summed E-state index contributed by atoms with van der Waals surface area (Å²) in [5.41, 5.74) is 41.4. The lowest BCUT2D eigenvalue weighted by atomic mass is 9.33. The summed E-state index contributed by atoms with van der Waals surface area (Å²) in [6.07, 6.45) is 4.65. The van der Waals surface area contributed by atoms with E-state index in [1.807, 2.05) is 0 Å². The average Bonchev–Trinajstić information content (AvgIpc) is 1.49. The van der Waals surface area contributed by atoms with Crippen molar-refractivity contribution in [1.82, 2.24) is 9.13 Å². The van der Waals surface area contributed by atoms with Gasteiger partial charge in [0, 0.05) is 61.4 Å². The molecule has 2 aliphatic carbocycles. The number of hydrogen-bond acceptors (Lipinski definition) is 2. The molecule has 2 aromatic heterocycles. The van der Waals surface area contributed by atoms with Crippen LogP contribution in [-0.4, -0.2) is 15.8 Å². The van der Waals surface area contributed by atoms with Gasteiger partial charge < -0.3 is 18.9 Å². The van der Waals surface area contributed by atoms with Crippen LogP contribution in [0.15, 0.2) is 352 Å². The smallest absolute Gasteiger partial charge is 0.252 e. The molecule has 0 saturated carbocycles. The summed E-state index contributed by atoms with van der Waals surface area (Å²) < 4.78 is 5.13. The van der Waals surface area contributed by atoms with Crippen molar-refractivity contribution < 1.29 is 0 Å². The molecule has 0 N–H and O–H groups in total. The molecule has 121 heavy (non-hydrogen) atoms. The number of anilines is 6. The lowest BCUT2D eigenvalue weighted by Crippen LogP contribution is -2.61. The van der Waals surface area contributed by atoms with Gasteiger partial charge in [0.15, 0.2) is 0 Å². The van der Waals surface area contributed by atoms with Crippen molar-refractivity contribution in [3.8, 4) is 89.3 Å². The summed E-state index contributed by atoms with van der Waals surface area (Å²) >= 11 is 0. The number of aromatic nitrogens is 2. The Balaban J connectivity index is 0.833. The first-order chi connectivity index (χ1) is 58.6. The molecule has 0 fully saturated rings. The van der Waals surface area contributed by atoms with Crippen LogP contribution in [0.4, 0.5) is 34.1 Å². The second-order valence-corrected chi connectivity index (χ2v) is 38.6. The lowest BCUT2D eigenvalue weighted by molar-refractivity contribution is 0.332. The fraction of sp³-hybridized carbons (Fsp3) is 0.172. The molecule has 0 bridgehead atoms. The molecule has 586 valence electrons. The fourth-order valence-corrected chi connectivity index (χ4v) is 21.1. The summed E-state index contributed by atoms with van der Waals surface area (Å²) in [4.78, 5) is 5.29. The Morgan fingerprint density at radius 3 is 0.959 bits per heavy atom. The molecular formula is C116H99BN4. The van der Waals surface area contributed by atoms with Crippen LogP contribution in [0.2, 0.25) is 0 Å². The molecule has 16 aromatic carbocycles. The Labute approximate surface area is 712 Å². The molecule has 18 aromatic rings. The molecule has 0 atom stereocenters. The van der Waals surface area contributed by atoms with Gasteiger partial charge >= 0.3 is 0 Å². The van der Waals surface area contributed by atoms with Crippen LogP contribution in [0.5, 0.6) is 0 Å². The summed E-state index contributed by atoms with van der Waals surface area (Å²) in [7, 11) is 0. The van der Waals surface area contributed by atoms with E-state index in [-0.39, 0.29) is 33.8 Å². The number of hydrogen-bond donors (Lipinski definition) is 0. The molecule has 5 heteroatoms. The SMILES string of the molecule is CC(C)(C)c1cccc(-c2ccc3c(c2)B2c4ccc(-n5c6ccc(-c7ccccc7)cc6c6cc(-c7ccccc7)ccc65)cc4N(c4ccc(-c5ccc6c(c5)C(C)(C)CCC6(C)C)cc4)c4cc(-n5c6ccc(-c7ccccc7)cc6c6cc(-c7ccccc7)ccc65)cc(c42)N3c2ccc(-c3ccc4c(c3)C(C)(C)CCC4(C)C)cc2)c1. The highest BCUT2D eigenvalue weighted by Crippen LogP contribution is 2.53. The van der Waals surface area contributed by atoms with Crippen LogP contribution in [0, 0.1) is 0 Å². The topological polar surface area (TPSA) is 16.3 Å². The van der Waals surface area contributed by atoms with E-state index in [2.05, 4.69) is 447 Å². The number of fused-ring (bicyclic) bond motifs is 12. The van der Waals surface area contributed by atoms with E-state index < -0.39 is 0 Å². The van der Waals surface area contributed by atoms with Crippen molar-refractivity contribution in [2.45, 2.75) is 129 Å². The standard InChI is InChI=1S/C116H99BN4/c1-112(2,3)88-34-24-33-80(63-88)87-45-58-107-102(70-87)117-101-53-50-91(120-103-54-41-81(74-25-16-12-17-26-74)64-93(103)94-65-82(42-55-104(94)120)75-27-18-13-19-28-75)71-108(101)119(90-48-37-79(38-49-90)86-40-52-98-100(69-86)116(10,11)62-60-114(98,6)7)110-73-92(72-109(111(110)117)118(107)89-46-35-78(36-47-89)85-39-51-97-99(68-85)115(8,9)61-59-113(97,4)5)121-105-56-43-83(76-29-20-14-21-30-76)66-95(105)96-67-84(44-57-106(96)121)77-31-22-15-23-32-77/h12-58,63-73H,59-62H2,1-11H3. The summed E-state index contributed by atoms with van der Waals surface area (Å²) in [5.74, 6) is 0. The van der Waals surface area contributed by atoms with Crippen molar-refractivity contribution >= 4 is 101 Å². The highest BCUT2D eigenvalue weighted by molar-refractivity contribution is 7.00. The predicted octanol–water partition coefficient (Wildman–Crippen LogP) is 29.6. The van der Waals surface area contributed by atoms with E-state index in [0.29, 0.717) is 0 Å². The van der Waals surface area contributed by atoms with Crippen LogP contribution in [-0.2, 0) is 27.1 Å². The maximum absolute atomic E-state index is 2.66. The van der Waals surface area contributed by atoms with Gasteiger partial charge in [0.1, 0.15) is 0 Å². The molecule has 4 aliphatic rings. The average molecular weight is 1560 g/mol. The van der Waals surface area contributed by atoms with Gasteiger partial charge in [0.2, 0.25) is 0 Å². The van der Waals surface area contributed by atoms with E-state index in [9.17, 15) is 0 Å². The van der Waals surface area contributed by atoms with Crippen molar-refractivity contribution in [1.29, 1.82) is 0 Å². The minimum atomic E-state index is -0.235. The van der Waals surface area contributed by atoms with Crippen LogP contribution in [0.25, 0.3) is 133 Å². The normalized spacial score (nSPS) is 15.3.